The molecular weight excluding hydrogens is 654 g/mol. The molecule has 47 heavy (non-hydrogen) atoms. The number of aliphatic hydroxyl groups is 1. The lowest BCUT2D eigenvalue weighted by Crippen LogP contribution is -2.29. The van der Waals surface area contributed by atoms with Crippen LogP contribution in [0.4, 0.5) is 5.13 Å². The zero-order chi connectivity index (χ0) is 32.8. The monoisotopic (exact) mass is 683 g/mol. The quantitative estimate of drug-likeness (QED) is 0.0459. The number of nitrogens with zero attached hydrogens (tertiary/aromatic N) is 3. The summed E-state index contributed by atoms with van der Waals surface area (Å²) >= 11 is 8.69. The lowest BCUT2D eigenvalue weighted by molar-refractivity contribution is -0.132. The van der Waals surface area contributed by atoms with Gasteiger partial charge in [-0.2, -0.15) is 0 Å². The molecule has 1 amide bonds. The summed E-state index contributed by atoms with van der Waals surface area (Å²) in [6.07, 6.45) is 0.853. The summed E-state index contributed by atoms with van der Waals surface area (Å²) in [5.41, 5.74) is 2.94. The first-order valence-corrected chi connectivity index (χ1v) is 17.1. The van der Waals surface area contributed by atoms with E-state index >= 15 is 0 Å². The van der Waals surface area contributed by atoms with Crippen molar-refractivity contribution in [3.05, 3.63) is 136 Å². The van der Waals surface area contributed by atoms with Crippen molar-refractivity contribution >= 4 is 57.3 Å². The number of rotatable bonds is 12. The first kappa shape index (κ1) is 32.3. The normalized spacial score (nSPS) is 15.6. The van der Waals surface area contributed by atoms with Crippen LogP contribution in [-0.2, 0) is 21.9 Å². The van der Waals surface area contributed by atoms with Gasteiger partial charge < -0.3 is 14.6 Å². The number of aromatic nitrogens is 2. The summed E-state index contributed by atoms with van der Waals surface area (Å²) in [5, 5.41) is 21.1. The molecular formula is C36H30ClN3O5S2. The van der Waals surface area contributed by atoms with Gasteiger partial charge in [0.15, 0.2) is 4.34 Å². The third-order valence-electron chi connectivity index (χ3n) is 7.34. The Balaban J connectivity index is 1.35. The van der Waals surface area contributed by atoms with Gasteiger partial charge in [0.1, 0.15) is 23.9 Å². The predicted molar refractivity (Wildman–Crippen MR) is 185 cm³/mol. The Morgan fingerprint density at radius 1 is 0.894 bits per heavy atom. The molecule has 5 aromatic rings. The SMILES string of the molecule is CCCOc1ccc(C(O)=C2C(=O)C(=O)N(c3nnc(SCc4ccc(Cl)cc4)s3)C2c2cccc(OCc3ccccc3)c2)cc1. The number of aliphatic hydroxyl groups excluding tert-OH is 1. The lowest BCUT2D eigenvalue weighted by atomic mass is 9.95. The topological polar surface area (TPSA) is 102 Å². The molecule has 238 valence electrons. The maximum atomic E-state index is 13.7. The largest absolute Gasteiger partial charge is 0.507 e. The molecule has 11 heteroatoms. The Morgan fingerprint density at radius 3 is 2.40 bits per heavy atom. The average molecular weight is 684 g/mol. The number of carbonyl (C=O) groups excluding carboxylic acids is 2. The predicted octanol–water partition coefficient (Wildman–Crippen LogP) is 8.48. The van der Waals surface area contributed by atoms with Crippen molar-refractivity contribution in [1.29, 1.82) is 0 Å². The fraction of sp³-hybridized carbons (Fsp3) is 0.167. The minimum Gasteiger partial charge on any atom is -0.507 e. The smallest absolute Gasteiger partial charge is 0.301 e. The maximum absolute atomic E-state index is 13.7. The van der Waals surface area contributed by atoms with Crippen LogP contribution >= 0.6 is 34.7 Å². The van der Waals surface area contributed by atoms with Crippen molar-refractivity contribution in [2.75, 3.05) is 11.5 Å². The van der Waals surface area contributed by atoms with E-state index in [-0.39, 0.29) is 16.5 Å². The van der Waals surface area contributed by atoms with E-state index in [1.165, 1.54) is 28.0 Å². The van der Waals surface area contributed by atoms with E-state index in [2.05, 4.69) is 10.2 Å². The van der Waals surface area contributed by atoms with E-state index in [4.69, 9.17) is 21.1 Å². The molecule has 0 aliphatic carbocycles. The van der Waals surface area contributed by atoms with Gasteiger partial charge in [0.05, 0.1) is 18.2 Å². The molecule has 0 radical (unpaired) electrons. The van der Waals surface area contributed by atoms with Crippen molar-refractivity contribution in [1.82, 2.24) is 10.2 Å². The first-order chi connectivity index (χ1) is 22.9. The number of ketones is 1. The molecule has 1 aliphatic rings. The van der Waals surface area contributed by atoms with Crippen LogP contribution in [0.2, 0.25) is 5.02 Å². The molecule has 0 spiro atoms. The Morgan fingerprint density at radius 2 is 1.66 bits per heavy atom. The van der Waals surface area contributed by atoms with Gasteiger partial charge in [0.25, 0.3) is 5.78 Å². The highest BCUT2D eigenvalue weighted by atomic mass is 35.5. The van der Waals surface area contributed by atoms with Crippen LogP contribution in [0.1, 0.15) is 41.6 Å². The Kier molecular flexibility index (Phi) is 10.2. The van der Waals surface area contributed by atoms with Crippen molar-refractivity contribution in [2.45, 2.75) is 36.1 Å². The molecule has 1 fully saturated rings. The second-order valence-electron chi connectivity index (χ2n) is 10.7. The number of thioether (sulfide) groups is 1. The van der Waals surface area contributed by atoms with Crippen LogP contribution in [0.3, 0.4) is 0 Å². The fourth-order valence-corrected chi connectivity index (χ4v) is 6.98. The minimum atomic E-state index is -0.978. The van der Waals surface area contributed by atoms with Crippen molar-refractivity contribution in [3.63, 3.8) is 0 Å². The number of halogens is 1. The van der Waals surface area contributed by atoms with E-state index in [0.717, 1.165) is 17.5 Å². The number of ether oxygens (including phenoxy) is 2. The van der Waals surface area contributed by atoms with Crippen molar-refractivity contribution < 1.29 is 24.2 Å². The summed E-state index contributed by atoms with van der Waals surface area (Å²) in [5.74, 6) is -0.116. The van der Waals surface area contributed by atoms with Crippen LogP contribution in [0, 0.1) is 0 Å². The molecule has 1 unspecified atom stereocenters. The van der Waals surface area contributed by atoms with Gasteiger partial charge in [-0.05, 0) is 71.6 Å². The molecule has 1 N–H and O–H groups in total. The fourth-order valence-electron chi connectivity index (χ4n) is 5.03. The number of Topliss-reactive ketones (excluding diaryl/α,β-unsaturated/α-hetero) is 1. The molecule has 6 rings (SSSR count). The third kappa shape index (κ3) is 7.51. The van der Waals surface area contributed by atoms with E-state index in [9.17, 15) is 14.7 Å². The Hall–Kier alpha value is -4.64. The molecule has 8 nitrogen and oxygen atoms in total. The summed E-state index contributed by atoms with van der Waals surface area (Å²) < 4.78 is 12.4. The number of hydrogen-bond acceptors (Lipinski definition) is 9. The zero-order valence-electron chi connectivity index (χ0n) is 25.3. The summed E-state index contributed by atoms with van der Waals surface area (Å²) in [4.78, 5) is 28.7. The zero-order valence-corrected chi connectivity index (χ0v) is 27.7. The van der Waals surface area contributed by atoms with Gasteiger partial charge in [-0.25, -0.2) is 0 Å². The van der Waals surface area contributed by atoms with E-state index < -0.39 is 17.7 Å². The summed E-state index contributed by atoms with van der Waals surface area (Å²) in [7, 11) is 0. The Bertz CT molecular complexity index is 1900. The molecule has 2 heterocycles. The number of carbonyl (C=O) groups is 2. The molecule has 1 atom stereocenters. The maximum Gasteiger partial charge on any atom is 0.301 e. The van der Waals surface area contributed by atoms with Gasteiger partial charge in [-0.3, -0.25) is 14.5 Å². The highest BCUT2D eigenvalue weighted by molar-refractivity contribution is 8.00. The van der Waals surface area contributed by atoms with Crippen LogP contribution in [0.25, 0.3) is 5.76 Å². The number of hydrogen-bond donors (Lipinski definition) is 1. The average Bonchev–Trinajstić information content (AvgIpc) is 3.68. The number of anilines is 1. The second-order valence-corrected chi connectivity index (χ2v) is 13.3. The highest BCUT2D eigenvalue weighted by Gasteiger charge is 2.48. The van der Waals surface area contributed by atoms with Crippen LogP contribution in [0.5, 0.6) is 11.5 Å². The molecule has 0 saturated carbocycles. The molecule has 0 bridgehead atoms. The van der Waals surface area contributed by atoms with Crippen LogP contribution < -0.4 is 14.4 Å². The van der Waals surface area contributed by atoms with Gasteiger partial charge in [-0.15, -0.1) is 10.2 Å². The molecule has 1 saturated heterocycles. The summed E-state index contributed by atoms with van der Waals surface area (Å²) in [6, 6.07) is 30.3. The van der Waals surface area contributed by atoms with Crippen molar-refractivity contribution in [2.24, 2.45) is 0 Å². The van der Waals surface area contributed by atoms with Crippen LogP contribution in [0.15, 0.2) is 113 Å². The molecule has 1 aromatic heterocycles. The van der Waals surface area contributed by atoms with Crippen LogP contribution in [-0.4, -0.2) is 33.6 Å². The van der Waals surface area contributed by atoms with E-state index in [1.807, 2.05) is 67.6 Å². The number of benzene rings is 4. The third-order valence-corrected chi connectivity index (χ3v) is 9.72. The lowest BCUT2D eigenvalue weighted by Gasteiger charge is -2.23. The van der Waals surface area contributed by atoms with Crippen molar-refractivity contribution in [3.8, 4) is 11.5 Å². The standard InChI is InChI=1S/C36H30ClN3O5S2/c1-2-19-44-28-17-13-25(14-18-28)32(41)30-31(26-9-6-10-29(20-26)45-21-23-7-4-3-5-8-23)40(34(43)33(30)42)35-38-39-36(47-35)46-22-24-11-15-27(37)16-12-24/h3-18,20,31,41H,2,19,21-22H2,1H3. The van der Waals surface area contributed by atoms with Gasteiger partial charge in [0, 0.05) is 16.3 Å². The van der Waals surface area contributed by atoms with E-state index in [1.54, 1.807) is 42.5 Å². The minimum absolute atomic E-state index is 0.0528. The van der Waals surface area contributed by atoms with Gasteiger partial charge >= 0.3 is 5.91 Å². The Labute approximate surface area is 285 Å². The first-order valence-electron chi connectivity index (χ1n) is 14.9. The number of amides is 1. The van der Waals surface area contributed by atoms with Gasteiger partial charge in [-0.1, -0.05) is 96.2 Å². The van der Waals surface area contributed by atoms with Gasteiger partial charge in [0.2, 0.25) is 5.13 Å². The van der Waals surface area contributed by atoms with E-state index in [0.29, 0.717) is 51.0 Å². The summed E-state index contributed by atoms with van der Waals surface area (Å²) in [6.45, 7) is 2.91. The molecule has 4 aromatic carbocycles. The second kappa shape index (κ2) is 14.8. The molecule has 1 aliphatic heterocycles. The highest BCUT2D eigenvalue weighted by Crippen LogP contribution is 2.44.